The number of benzene rings is 1. The molecule has 0 heterocycles. The standard InChI is InChI=1S/C14H13NO4/c16-14(17)13-10-2-1-9(7-10)12(13)8-3-5-11(6-4-8)15(18)19/h1-6,9-10,12-13H,7H2,(H,16,17)/t9-,10+,12-,13-/m1/s1. The Morgan fingerprint density at radius 2 is 1.84 bits per heavy atom. The number of hydrogen-bond donors (Lipinski definition) is 1. The third kappa shape index (κ3) is 1.82. The number of aliphatic carboxylic acids is 1. The van der Waals surface area contributed by atoms with Gasteiger partial charge in [-0.25, -0.2) is 0 Å². The molecule has 0 unspecified atom stereocenters. The van der Waals surface area contributed by atoms with Gasteiger partial charge in [-0.3, -0.25) is 14.9 Å². The topological polar surface area (TPSA) is 80.4 Å². The molecule has 0 saturated heterocycles. The van der Waals surface area contributed by atoms with Crippen LogP contribution in [0.25, 0.3) is 0 Å². The number of allylic oxidation sites excluding steroid dienone is 2. The average Bonchev–Trinajstić information content (AvgIpc) is 2.98. The minimum atomic E-state index is -0.778. The van der Waals surface area contributed by atoms with Crippen molar-refractivity contribution >= 4 is 11.7 Å². The van der Waals surface area contributed by atoms with Crippen LogP contribution in [-0.2, 0) is 4.79 Å². The Labute approximate surface area is 109 Å². The highest BCUT2D eigenvalue weighted by molar-refractivity contribution is 5.73. The maximum atomic E-state index is 11.4. The summed E-state index contributed by atoms with van der Waals surface area (Å²) in [5.74, 6) is -0.903. The quantitative estimate of drug-likeness (QED) is 0.514. The molecule has 5 heteroatoms. The van der Waals surface area contributed by atoms with E-state index in [1.165, 1.54) is 12.1 Å². The lowest BCUT2D eigenvalue weighted by Crippen LogP contribution is -2.25. The Morgan fingerprint density at radius 1 is 1.21 bits per heavy atom. The molecular formula is C14H13NO4. The van der Waals surface area contributed by atoms with Gasteiger partial charge in [-0.15, -0.1) is 0 Å². The number of nitro groups is 1. The Bertz CT molecular complexity index is 563. The SMILES string of the molecule is O=C(O)[C@H]1[C@H](c2ccc([N+](=O)[O-])cc2)[C@@H]2C=C[C@H]1C2. The third-order valence-electron chi connectivity index (χ3n) is 4.23. The van der Waals surface area contributed by atoms with Crippen molar-refractivity contribution in [2.45, 2.75) is 12.3 Å². The Hall–Kier alpha value is -2.17. The maximum Gasteiger partial charge on any atom is 0.307 e. The molecule has 1 aromatic carbocycles. The number of carboxylic acid groups (broad SMARTS) is 1. The number of carboxylic acids is 1. The fourth-order valence-corrected chi connectivity index (χ4v) is 3.43. The molecule has 0 aromatic heterocycles. The number of nitrogens with zero attached hydrogens (tertiary/aromatic N) is 1. The van der Waals surface area contributed by atoms with Crippen molar-refractivity contribution < 1.29 is 14.8 Å². The van der Waals surface area contributed by atoms with Crippen LogP contribution in [0.2, 0.25) is 0 Å². The molecule has 19 heavy (non-hydrogen) atoms. The highest BCUT2D eigenvalue weighted by Gasteiger charge is 2.48. The van der Waals surface area contributed by atoms with Gasteiger partial charge in [0.25, 0.3) is 5.69 Å². The summed E-state index contributed by atoms with van der Waals surface area (Å²) in [5, 5.41) is 20.0. The molecule has 5 nitrogen and oxygen atoms in total. The van der Waals surface area contributed by atoms with E-state index in [0.29, 0.717) is 0 Å². The smallest absolute Gasteiger partial charge is 0.307 e. The zero-order valence-electron chi connectivity index (χ0n) is 10.1. The lowest BCUT2D eigenvalue weighted by Gasteiger charge is -2.25. The monoisotopic (exact) mass is 259 g/mol. The van der Waals surface area contributed by atoms with E-state index >= 15 is 0 Å². The van der Waals surface area contributed by atoms with Gasteiger partial charge < -0.3 is 5.11 Å². The first kappa shape index (κ1) is 11.9. The highest BCUT2D eigenvalue weighted by Crippen LogP contribution is 2.53. The molecule has 98 valence electrons. The van der Waals surface area contributed by atoms with Crippen molar-refractivity contribution in [3.8, 4) is 0 Å². The molecular weight excluding hydrogens is 246 g/mol. The van der Waals surface area contributed by atoms with Crippen LogP contribution in [0.15, 0.2) is 36.4 Å². The van der Waals surface area contributed by atoms with Crippen LogP contribution in [0, 0.1) is 27.9 Å². The maximum absolute atomic E-state index is 11.4. The Balaban J connectivity index is 1.94. The number of hydrogen-bond acceptors (Lipinski definition) is 3. The molecule has 0 amide bonds. The number of nitro benzene ring substituents is 1. The average molecular weight is 259 g/mol. The molecule has 2 aliphatic carbocycles. The summed E-state index contributed by atoms with van der Waals surface area (Å²) < 4.78 is 0. The van der Waals surface area contributed by atoms with Gasteiger partial charge >= 0.3 is 5.97 Å². The number of carbonyl (C=O) groups is 1. The molecule has 1 N–H and O–H groups in total. The molecule has 0 spiro atoms. The van der Waals surface area contributed by atoms with Gasteiger partial charge in [-0.2, -0.15) is 0 Å². The lowest BCUT2D eigenvalue weighted by atomic mass is 9.78. The summed E-state index contributed by atoms with van der Waals surface area (Å²) in [6, 6.07) is 6.27. The van der Waals surface area contributed by atoms with Crippen LogP contribution in [-0.4, -0.2) is 16.0 Å². The van der Waals surface area contributed by atoms with Crippen LogP contribution >= 0.6 is 0 Å². The summed E-state index contributed by atoms with van der Waals surface area (Å²) in [4.78, 5) is 21.6. The van der Waals surface area contributed by atoms with Gasteiger partial charge in [0.15, 0.2) is 0 Å². The molecule has 2 bridgehead atoms. The van der Waals surface area contributed by atoms with E-state index in [9.17, 15) is 20.0 Å². The summed E-state index contributed by atoms with van der Waals surface area (Å²) in [7, 11) is 0. The first-order valence-electron chi connectivity index (χ1n) is 6.23. The van der Waals surface area contributed by atoms with Crippen molar-refractivity contribution in [1.29, 1.82) is 0 Å². The predicted octanol–water partition coefficient (Wildman–Crippen LogP) is 2.59. The second-order valence-electron chi connectivity index (χ2n) is 5.19. The molecule has 2 aliphatic rings. The minimum Gasteiger partial charge on any atom is -0.481 e. The summed E-state index contributed by atoms with van der Waals surface area (Å²) >= 11 is 0. The van der Waals surface area contributed by atoms with Gasteiger partial charge in [0.2, 0.25) is 0 Å². The summed E-state index contributed by atoms with van der Waals surface area (Å²) in [5.41, 5.74) is 0.921. The number of non-ortho nitro benzene ring substituents is 1. The van der Waals surface area contributed by atoms with E-state index in [-0.39, 0.29) is 23.4 Å². The zero-order chi connectivity index (χ0) is 13.6. The van der Waals surface area contributed by atoms with E-state index in [1.807, 2.05) is 6.08 Å². The Kier molecular flexibility index (Phi) is 2.62. The van der Waals surface area contributed by atoms with E-state index in [2.05, 4.69) is 6.08 Å². The van der Waals surface area contributed by atoms with E-state index < -0.39 is 16.8 Å². The van der Waals surface area contributed by atoms with Crippen molar-refractivity contribution in [1.82, 2.24) is 0 Å². The van der Waals surface area contributed by atoms with Crippen LogP contribution < -0.4 is 0 Å². The van der Waals surface area contributed by atoms with Crippen molar-refractivity contribution in [3.63, 3.8) is 0 Å². The van der Waals surface area contributed by atoms with Crippen LogP contribution in [0.3, 0.4) is 0 Å². The Morgan fingerprint density at radius 3 is 2.42 bits per heavy atom. The molecule has 3 rings (SSSR count). The largest absolute Gasteiger partial charge is 0.481 e. The number of rotatable bonds is 3. The molecule has 1 fully saturated rings. The molecule has 1 aromatic rings. The van der Waals surface area contributed by atoms with Gasteiger partial charge in [-0.05, 0) is 23.8 Å². The fraction of sp³-hybridized carbons (Fsp3) is 0.357. The second kappa shape index (κ2) is 4.19. The van der Waals surface area contributed by atoms with Gasteiger partial charge in [-0.1, -0.05) is 24.3 Å². The number of fused-ring (bicyclic) bond motifs is 2. The molecule has 0 radical (unpaired) electrons. The second-order valence-corrected chi connectivity index (χ2v) is 5.19. The van der Waals surface area contributed by atoms with Crippen LogP contribution in [0.5, 0.6) is 0 Å². The van der Waals surface area contributed by atoms with Crippen molar-refractivity contribution in [2.24, 2.45) is 17.8 Å². The zero-order valence-corrected chi connectivity index (χ0v) is 10.1. The minimum absolute atomic E-state index is 0.0364. The fourth-order valence-electron chi connectivity index (χ4n) is 3.43. The van der Waals surface area contributed by atoms with E-state index in [0.717, 1.165) is 12.0 Å². The summed E-state index contributed by atoms with van der Waals surface area (Å²) in [6.45, 7) is 0. The normalized spacial score (nSPS) is 31.6. The van der Waals surface area contributed by atoms with Crippen LogP contribution in [0.1, 0.15) is 17.9 Å². The van der Waals surface area contributed by atoms with Gasteiger partial charge in [0.1, 0.15) is 0 Å². The van der Waals surface area contributed by atoms with Gasteiger partial charge in [0.05, 0.1) is 10.8 Å². The lowest BCUT2D eigenvalue weighted by molar-refractivity contribution is -0.384. The highest BCUT2D eigenvalue weighted by atomic mass is 16.6. The molecule has 4 atom stereocenters. The predicted molar refractivity (Wildman–Crippen MR) is 67.7 cm³/mol. The van der Waals surface area contributed by atoms with Gasteiger partial charge in [0, 0.05) is 18.1 Å². The molecule has 1 saturated carbocycles. The van der Waals surface area contributed by atoms with E-state index in [4.69, 9.17) is 0 Å². The first-order chi connectivity index (χ1) is 9.08. The van der Waals surface area contributed by atoms with Crippen LogP contribution in [0.4, 0.5) is 5.69 Å². The molecule has 0 aliphatic heterocycles. The summed E-state index contributed by atoms with van der Waals surface area (Å²) in [6.07, 6.45) is 4.94. The third-order valence-corrected chi connectivity index (χ3v) is 4.23. The first-order valence-corrected chi connectivity index (χ1v) is 6.23. The van der Waals surface area contributed by atoms with Crippen molar-refractivity contribution in [3.05, 3.63) is 52.1 Å². The van der Waals surface area contributed by atoms with Crippen molar-refractivity contribution in [2.75, 3.05) is 0 Å². The van der Waals surface area contributed by atoms with E-state index in [1.54, 1.807) is 12.1 Å².